The second kappa shape index (κ2) is 1.67. The Balaban J connectivity index is 1.90. The Bertz CT molecular complexity index is 256. The van der Waals surface area contributed by atoms with Crippen LogP contribution in [0.2, 0.25) is 0 Å². The van der Waals surface area contributed by atoms with Gasteiger partial charge in [-0.2, -0.15) is 0 Å². The predicted octanol–water partition coefficient (Wildman–Crippen LogP) is 0.399. The molecule has 58 valence electrons. The molecule has 0 bridgehead atoms. The number of hydrogen-bond donors (Lipinski definition) is 0. The standard InChI is InChI=1S/C8H8O3/c9-8-2-4-1-6-7(10-6)3-5(4)11-8/h2,5-7H,1,3H2/t5-,6-,7+/m1/s1. The quantitative estimate of drug-likeness (QED) is 0.372. The summed E-state index contributed by atoms with van der Waals surface area (Å²) >= 11 is 0. The van der Waals surface area contributed by atoms with Crippen LogP contribution in [0.5, 0.6) is 0 Å². The molecule has 3 heteroatoms. The molecule has 0 amide bonds. The maximum absolute atomic E-state index is 10.8. The van der Waals surface area contributed by atoms with E-state index in [1.807, 2.05) is 0 Å². The van der Waals surface area contributed by atoms with Gasteiger partial charge in [-0.15, -0.1) is 0 Å². The fourth-order valence-electron chi connectivity index (χ4n) is 1.89. The number of rotatable bonds is 0. The van der Waals surface area contributed by atoms with E-state index in [-0.39, 0.29) is 12.1 Å². The minimum Gasteiger partial charge on any atom is -0.455 e. The SMILES string of the molecule is O=C1C=C2C[C@H]3O[C@H]3C[C@H]2O1. The lowest BCUT2D eigenvalue weighted by atomic mass is 9.93. The minimum absolute atomic E-state index is 0.0475. The summed E-state index contributed by atoms with van der Waals surface area (Å²) in [4.78, 5) is 10.8. The van der Waals surface area contributed by atoms with Crippen molar-refractivity contribution in [2.24, 2.45) is 0 Å². The Morgan fingerprint density at radius 2 is 2.36 bits per heavy atom. The van der Waals surface area contributed by atoms with E-state index in [0.29, 0.717) is 12.2 Å². The second-order valence-electron chi connectivity index (χ2n) is 3.30. The molecule has 0 aromatic carbocycles. The van der Waals surface area contributed by atoms with Crippen molar-refractivity contribution >= 4 is 5.97 Å². The second-order valence-corrected chi connectivity index (χ2v) is 3.30. The molecule has 1 saturated carbocycles. The number of epoxide rings is 1. The summed E-state index contributed by atoms with van der Waals surface area (Å²) in [6, 6.07) is 0. The van der Waals surface area contributed by atoms with Crippen molar-refractivity contribution < 1.29 is 14.3 Å². The number of esters is 1. The Kier molecular flexibility index (Phi) is 0.874. The summed E-state index contributed by atoms with van der Waals surface area (Å²) in [5.41, 5.74) is 1.13. The third-order valence-corrected chi connectivity index (χ3v) is 2.55. The van der Waals surface area contributed by atoms with Gasteiger partial charge >= 0.3 is 5.97 Å². The first-order valence-corrected chi connectivity index (χ1v) is 3.89. The van der Waals surface area contributed by atoms with Gasteiger partial charge < -0.3 is 9.47 Å². The minimum atomic E-state index is -0.175. The van der Waals surface area contributed by atoms with Gasteiger partial charge in [0.1, 0.15) is 6.10 Å². The first-order valence-electron chi connectivity index (χ1n) is 3.89. The molecule has 11 heavy (non-hydrogen) atoms. The van der Waals surface area contributed by atoms with Crippen LogP contribution in [-0.2, 0) is 14.3 Å². The van der Waals surface area contributed by atoms with Gasteiger partial charge in [0.2, 0.25) is 0 Å². The molecule has 3 nitrogen and oxygen atoms in total. The van der Waals surface area contributed by atoms with Crippen LogP contribution < -0.4 is 0 Å². The van der Waals surface area contributed by atoms with Crippen LogP contribution in [0.15, 0.2) is 11.6 Å². The highest BCUT2D eigenvalue weighted by atomic mass is 16.6. The van der Waals surface area contributed by atoms with Crippen molar-refractivity contribution in [2.45, 2.75) is 31.2 Å². The number of carbonyl (C=O) groups excluding carboxylic acids is 1. The fraction of sp³-hybridized carbons (Fsp3) is 0.625. The molecule has 0 radical (unpaired) electrons. The first kappa shape index (κ1) is 5.77. The van der Waals surface area contributed by atoms with Crippen LogP contribution in [0.4, 0.5) is 0 Å². The van der Waals surface area contributed by atoms with E-state index in [1.54, 1.807) is 6.08 Å². The molecule has 2 fully saturated rings. The normalized spacial score (nSPS) is 45.6. The number of carbonyl (C=O) groups is 1. The molecule has 3 atom stereocenters. The van der Waals surface area contributed by atoms with Crippen LogP contribution in [0.3, 0.4) is 0 Å². The highest BCUT2D eigenvalue weighted by Crippen LogP contribution is 2.42. The average Bonchev–Trinajstić information content (AvgIpc) is 2.57. The van der Waals surface area contributed by atoms with Crippen molar-refractivity contribution in [1.29, 1.82) is 0 Å². The van der Waals surface area contributed by atoms with Crippen LogP contribution in [0, 0.1) is 0 Å². The lowest BCUT2D eigenvalue weighted by Crippen LogP contribution is -2.20. The number of fused-ring (bicyclic) bond motifs is 2. The van der Waals surface area contributed by atoms with E-state index in [0.717, 1.165) is 18.4 Å². The molecule has 0 N–H and O–H groups in total. The summed E-state index contributed by atoms with van der Waals surface area (Å²) in [5.74, 6) is -0.175. The number of hydrogen-bond acceptors (Lipinski definition) is 3. The summed E-state index contributed by atoms with van der Waals surface area (Å²) in [6.45, 7) is 0. The van der Waals surface area contributed by atoms with Crippen molar-refractivity contribution in [2.75, 3.05) is 0 Å². The van der Waals surface area contributed by atoms with Crippen LogP contribution in [-0.4, -0.2) is 24.3 Å². The van der Waals surface area contributed by atoms with Gasteiger partial charge in [-0.05, 0) is 5.57 Å². The highest BCUT2D eigenvalue weighted by Gasteiger charge is 2.49. The Labute approximate surface area is 64.0 Å². The van der Waals surface area contributed by atoms with Gasteiger partial charge in [0.15, 0.2) is 0 Å². The molecule has 3 rings (SSSR count). The molecular formula is C8H8O3. The van der Waals surface area contributed by atoms with Gasteiger partial charge in [-0.1, -0.05) is 0 Å². The highest BCUT2D eigenvalue weighted by molar-refractivity contribution is 5.86. The summed E-state index contributed by atoms with van der Waals surface area (Å²) in [6.07, 6.45) is 4.22. The molecule has 0 aromatic rings. The molecule has 2 heterocycles. The van der Waals surface area contributed by atoms with Gasteiger partial charge in [-0.25, -0.2) is 4.79 Å². The molecular weight excluding hydrogens is 144 g/mol. The van der Waals surface area contributed by atoms with Crippen LogP contribution in [0.25, 0.3) is 0 Å². The van der Waals surface area contributed by atoms with E-state index >= 15 is 0 Å². The zero-order valence-electron chi connectivity index (χ0n) is 5.95. The monoisotopic (exact) mass is 152 g/mol. The zero-order chi connectivity index (χ0) is 7.42. The maximum Gasteiger partial charge on any atom is 0.331 e. The van der Waals surface area contributed by atoms with E-state index in [4.69, 9.17) is 9.47 Å². The topological polar surface area (TPSA) is 38.8 Å². The van der Waals surface area contributed by atoms with Crippen LogP contribution >= 0.6 is 0 Å². The van der Waals surface area contributed by atoms with Crippen molar-refractivity contribution in [3.05, 3.63) is 11.6 Å². The Hall–Kier alpha value is -0.830. The predicted molar refractivity (Wildman–Crippen MR) is 35.9 cm³/mol. The van der Waals surface area contributed by atoms with Crippen molar-refractivity contribution in [3.8, 4) is 0 Å². The smallest absolute Gasteiger partial charge is 0.331 e. The van der Waals surface area contributed by atoms with Gasteiger partial charge in [0, 0.05) is 18.9 Å². The largest absolute Gasteiger partial charge is 0.455 e. The molecule has 0 spiro atoms. The number of ether oxygens (including phenoxy) is 2. The Morgan fingerprint density at radius 3 is 3.27 bits per heavy atom. The maximum atomic E-state index is 10.8. The Morgan fingerprint density at radius 1 is 1.45 bits per heavy atom. The fourth-order valence-corrected chi connectivity index (χ4v) is 1.89. The third kappa shape index (κ3) is 0.744. The summed E-state index contributed by atoms with van der Waals surface area (Å²) in [7, 11) is 0. The lowest BCUT2D eigenvalue weighted by Gasteiger charge is -2.15. The summed E-state index contributed by atoms with van der Waals surface area (Å²) in [5, 5.41) is 0. The summed E-state index contributed by atoms with van der Waals surface area (Å²) < 4.78 is 10.4. The molecule has 1 saturated heterocycles. The zero-order valence-corrected chi connectivity index (χ0v) is 5.95. The van der Waals surface area contributed by atoms with Gasteiger partial charge in [-0.3, -0.25) is 0 Å². The molecule has 0 aromatic heterocycles. The van der Waals surface area contributed by atoms with Crippen molar-refractivity contribution in [3.63, 3.8) is 0 Å². The third-order valence-electron chi connectivity index (χ3n) is 2.55. The molecule has 2 aliphatic heterocycles. The lowest BCUT2D eigenvalue weighted by molar-refractivity contribution is -0.139. The molecule has 0 unspecified atom stereocenters. The first-order chi connectivity index (χ1) is 5.33. The average molecular weight is 152 g/mol. The van der Waals surface area contributed by atoms with Gasteiger partial charge in [0.05, 0.1) is 12.2 Å². The van der Waals surface area contributed by atoms with Crippen LogP contribution in [0.1, 0.15) is 12.8 Å². The molecule has 1 aliphatic carbocycles. The van der Waals surface area contributed by atoms with E-state index in [9.17, 15) is 4.79 Å². The van der Waals surface area contributed by atoms with E-state index < -0.39 is 0 Å². The van der Waals surface area contributed by atoms with E-state index in [2.05, 4.69) is 0 Å². The van der Waals surface area contributed by atoms with Gasteiger partial charge in [0.25, 0.3) is 0 Å². The molecule has 3 aliphatic rings. The van der Waals surface area contributed by atoms with Crippen molar-refractivity contribution in [1.82, 2.24) is 0 Å². The van der Waals surface area contributed by atoms with E-state index in [1.165, 1.54) is 0 Å².